The number of halogens is 4. The third-order valence-electron chi connectivity index (χ3n) is 10.5. The molecule has 1 atom stereocenters. The van der Waals surface area contributed by atoms with Crippen molar-refractivity contribution in [2.24, 2.45) is 11.3 Å². The van der Waals surface area contributed by atoms with Crippen molar-refractivity contribution < 1.29 is 37.2 Å². The topological polar surface area (TPSA) is 90.3 Å². The third-order valence-corrected chi connectivity index (χ3v) is 11.6. The molecule has 13 heteroatoms. The number of benzene rings is 2. The van der Waals surface area contributed by atoms with Crippen molar-refractivity contribution >= 4 is 22.7 Å². The molecule has 3 aliphatic rings. The number of fused-ring (bicyclic) bond motifs is 1. The Morgan fingerprint density at radius 3 is 2.35 bits per heavy atom. The van der Waals surface area contributed by atoms with Crippen molar-refractivity contribution in [3.63, 3.8) is 0 Å². The monoisotopic (exact) mass is 736 g/mol. The number of likely N-dealkylation sites (tertiary alicyclic amines) is 1. The molecule has 6 rings (SSSR count). The molecule has 3 aromatic rings. The minimum Gasteiger partial charge on any atom is -0.497 e. The van der Waals surface area contributed by atoms with Gasteiger partial charge in [0.1, 0.15) is 29.4 Å². The first-order valence-corrected chi connectivity index (χ1v) is 19.0. The van der Waals surface area contributed by atoms with Gasteiger partial charge < -0.3 is 29.9 Å². The number of aliphatic hydroxyl groups excluding tert-OH is 2. The Labute approximate surface area is 302 Å². The van der Waals surface area contributed by atoms with E-state index < -0.39 is 29.0 Å². The standard InChI is InChI=1S/C32H39F4N3O3S.C6H13NO/c1-41-24-2-3-29-25(18-24)30(22(19-37-29)20-39-10-13-42-14-11-39)26(34)4-5-32(21-40)6-8-38(9-7-32)12-15-43-31-27(35)16-23(33)17-28(31)36;8-5-6-1-3-7-4-2-6/h2-3,16-19,26,40H,4-15,20-21H2,1H3;6-8H,1-5H2. The molecule has 2 aromatic carbocycles. The van der Waals surface area contributed by atoms with E-state index in [9.17, 15) is 18.3 Å². The smallest absolute Gasteiger partial charge is 0.142 e. The second kappa shape index (κ2) is 19.5. The Balaban J connectivity index is 0.000000556. The van der Waals surface area contributed by atoms with Crippen LogP contribution in [-0.2, 0) is 11.3 Å². The van der Waals surface area contributed by atoms with Gasteiger partial charge in [-0.2, -0.15) is 0 Å². The molecule has 3 saturated heterocycles. The molecule has 8 nitrogen and oxygen atoms in total. The van der Waals surface area contributed by atoms with Gasteiger partial charge in [-0.3, -0.25) is 9.88 Å². The maximum absolute atomic E-state index is 16.4. The Bertz CT molecular complexity index is 1510. The molecule has 0 radical (unpaired) electrons. The SMILES string of the molecule is COc1ccc2ncc(CN3CCOCC3)c(C(F)CCC3(CO)CCN(CCSc4c(F)cc(F)cc4F)CC3)c2c1.OCC1CCNCC1. The van der Waals surface area contributed by atoms with E-state index in [0.29, 0.717) is 106 Å². The highest BCUT2D eigenvalue weighted by Crippen LogP contribution is 2.41. The van der Waals surface area contributed by atoms with Gasteiger partial charge in [-0.15, -0.1) is 11.8 Å². The number of nitrogens with zero attached hydrogens (tertiary/aromatic N) is 3. The largest absolute Gasteiger partial charge is 0.497 e. The number of alkyl halides is 1. The number of hydrogen-bond donors (Lipinski definition) is 3. The number of methoxy groups -OCH3 is 1. The molecule has 1 aromatic heterocycles. The second-order valence-electron chi connectivity index (χ2n) is 13.9. The second-order valence-corrected chi connectivity index (χ2v) is 15.0. The van der Waals surface area contributed by atoms with Gasteiger partial charge in [-0.25, -0.2) is 17.6 Å². The van der Waals surface area contributed by atoms with Crippen molar-refractivity contribution in [1.82, 2.24) is 20.1 Å². The number of rotatable bonds is 13. The zero-order valence-electron chi connectivity index (χ0n) is 29.5. The summed E-state index contributed by atoms with van der Waals surface area (Å²) in [4.78, 5) is 8.90. The summed E-state index contributed by atoms with van der Waals surface area (Å²) >= 11 is 1.03. The zero-order chi connectivity index (χ0) is 36.2. The molecule has 3 fully saturated rings. The van der Waals surface area contributed by atoms with Gasteiger partial charge in [0.15, 0.2) is 0 Å². The fourth-order valence-electron chi connectivity index (χ4n) is 7.18. The van der Waals surface area contributed by atoms with Crippen LogP contribution in [0, 0.1) is 28.8 Å². The summed E-state index contributed by atoms with van der Waals surface area (Å²) in [6.45, 7) is 7.97. The maximum Gasteiger partial charge on any atom is 0.142 e. The zero-order valence-corrected chi connectivity index (χ0v) is 30.3. The van der Waals surface area contributed by atoms with Gasteiger partial charge in [0, 0.05) is 74.4 Å². The number of aliphatic hydroxyl groups is 2. The van der Waals surface area contributed by atoms with Crippen LogP contribution < -0.4 is 10.1 Å². The molecule has 0 spiro atoms. The number of morpholine rings is 1. The number of hydrogen-bond acceptors (Lipinski definition) is 9. The van der Waals surface area contributed by atoms with Crippen molar-refractivity contribution in [2.45, 2.75) is 56.1 Å². The van der Waals surface area contributed by atoms with Gasteiger partial charge in [0.25, 0.3) is 0 Å². The molecule has 0 saturated carbocycles. The van der Waals surface area contributed by atoms with E-state index >= 15 is 4.39 Å². The molecule has 4 heterocycles. The summed E-state index contributed by atoms with van der Waals surface area (Å²) in [7, 11) is 1.59. The Hall–Kier alpha value is -2.52. The first-order valence-electron chi connectivity index (χ1n) is 18.1. The average Bonchev–Trinajstić information content (AvgIpc) is 3.16. The van der Waals surface area contributed by atoms with E-state index in [-0.39, 0.29) is 17.9 Å². The summed E-state index contributed by atoms with van der Waals surface area (Å²) in [5, 5.41) is 23.1. The molecule has 3 N–H and O–H groups in total. The number of thioether (sulfide) groups is 1. The van der Waals surface area contributed by atoms with Gasteiger partial charge in [-0.05, 0) is 99.8 Å². The fourth-order valence-corrected chi connectivity index (χ4v) is 8.13. The van der Waals surface area contributed by atoms with Crippen LogP contribution in [0.25, 0.3) is 10.9 Å². The molecular weight excluding hydrogens is 685 g/mol. The van der Waals surface area contributed by atoms with Crippen LogP contribution in [0.5, 0.6) is 5.75 Å². The summed E-state index contributed by atoms with van der Waals surface area (Å²) in [5.74, 6) is -1.05. The van der Waals surface area contributed by atoms with E-state index in [0.717, 1.165) is 61.7 Å². The number of nitrogens with one attached hydrogen (secondary N) is 1. The van der Waals surface area contributed by atoms with Gasteiger partial charge in [0.05, 0.1) is 30.7 Å². The number of piperidine rings is 2. The van der Waals surface area contributed by atoms with Crippen LogP contribution in [0.1, 0.15) is 55.8 Å². The highest BCUT2D eigenvalue weighted by molar-refractivity contribution is 7.99. The quantitative estimate of drug-likeness (QED) is 0.142. The average molecular weight is 737 g/mol. The summed E-state index contributed by atoms with van der Waals surface area (Å²) in [5.41, 5.74) is 1.81. The maximum atomic E-state index is 16.4. The van der Waals surface area contributed by atoms with Crippen LogP contribution >= 0.6 is 11.8 Å². The number of ether oxygens (including phenoxy) is 2. The molecule has 282 valence electrons. The lowest BCUT2D eigenvalue weighted by Gasteiger charge is -2.41. The van der Waals surface area contributed by atoms with Crippen molar-refractivity contribution in [3.8, 4) is 5.75 Å². The number of pyridine rings is 1. The molecule has 0 bridgehead atoms. The lowest BCUT2D eigenvalue weighted by molar-refractivity contribution is 0.0311. The van der Waals surface area contributed by atoms with Gasteiger partial charge >= 0.3 is 0 Å². The van der Waals surface area contributed by atoms with Crippen LogP contribution in [-0.4, -0.2) is 110 Å². The predicted molar refractivity (Wildman–Crippen MR) is 192 cm³/mol. The summed E-state index contributed by atoms with van der Waals surface area (Å²) < 4.78 is 68.5. The predicted octanol–water partition coefficient (Wildman–Crippen LogP) is 6.13. The highest BCUT2D eigenvalue weighted by atomic mass is 32.2. The number of aromatic nitrogens is 1. The molecule has 1 unspecified atom stereocenters. The van der Waals surface area contributed by atoms with E-state index in [1.54, 1.807) is 13.3 Å². The van der Waals surface area contributed by atoms with Crippen LogP contribution in [0.3, 0.4) is 0 Å². The third kappa shape index (κ3) is 11.0. The van der Waals surface area contributed by atoms with Crippen LogP contribution in [0.2, 0.25) is 0 Å². The molecule has 51 heavy (non-hydrogen) atoms. The lowest BCUT2D eigenvalue weighted by atomic mass is 9.74. The Kier molecular flexibility index (Phi) is 15.2. The van der Waals surface area contributed by atoms with Gasteiger partial charge in [-0.1, -0.05) is 0 Å². The fraction of sp³-hybridized carbons (Fsp3) is 0.605. The lowest BCUT2D eigenvalue weighted by Crippen LogP contribution is -2.43. The van der Waals surface area contributed by atoms with Crippen LogP contribution in [0.4, 0.5) is 17.6 Å². The minimum absolute atomic E-state index is 0.0279. The summed E-state index contributed by atoms with van der Waals surface area (Å²) in [6, 6.07) is 6.92. The Morgan fingerprint density at radius 2 is 1.73 bits per heavy atom. The molecule has 3 aliphatic heterocycles. The highest BCUT2D eigenvalue weighted by Gasteiger charge is 2.35. The van der Waals surface area contributed by atoms with E-state index in [2.05, 4.69) is 20.1 Å². The first kappa shape index (κ1) is 39.7. The van der Waals surface area contributed by atoms with E-state index in [4.69, 9.17) is 14.6 Å². The Morgan fingerprint density at radius 1 is 1.02 bits per heavy atom. The minimum atomic E-state index is -1.24. The molecular formula is C38H52F4N4O4S. The van der Waals surface area contributed by atoms with Crippen molar-refractivity contribution in [3.05, 3.63) is 65.1 Å². The molecule has 0 amide bonds. The summed E-state index contributed by atoms with van der Waals surface area (Å²) in [6.07, 6.45) is 5.04. The normalized spacial score (nSPS) is 19.4. The van der Waals surface area contributed by atoms with E-state index in [1.165, 1.54) is 0 Å². The van der Waals surface area contributed by atoms with Crippen molar-refractivity contribution in [1.29, 1.82) is 0 Å². The van der Waals surface area contributed by atoms with Crippen molar-refractivity contribution in [2.75, 3.05) is 85.1 Å². The first-order chi connectivity index (χ1) is 24.7. The van der Waals surface area contributed by atoms with Gasteiger partial charge in [0.2, 0.25) is 0 Å². The molecule has 0 aliphatic carbocycles. The van der Waals surface area contributed by atoms with Crippen LogP contribution in [0.15, 0.2) is 41.4 Å². The van der Waals surface area contributed by atoms with E-state index in [1.807, 2.05) is 18.2 Å².